The largest absolute Gasteiger partial charge is 0.416 e. The van der Waals surface area contributed by atoms with Crippen molar-refractivity contribution >= 4 is 12.0 Å². The Bertz CT molecular complexity index is 520. The average molecular weight is 298 g/mol. The molecule has 0 saturated carbocycles. The second-order valence-electron chi connectivity index (χ2n) is 5.14. The summed E-state index contributed by atoms with van der Waals surface area (Å²) in [5, 5.41) is 6.33. The second kappa shape index (κ2) is 6.30. The molecule has 1 aliphatic heterocycles. The van der Waals surface area contributed by atoms with E-state index in [1.54, 1.807) is 12.1 Å². The molecule has 0 amide bonds. The fourth-order valence-electron chi connectivity index (χ4n) is 2.50. The number of hydrogen-bond acceptors (Lipinski definition) is 3. The lowest BCUT2D eigenvalue weighted by Gasteiger charge is -2.37. The molecule has 0 aromatic heterocycles. The normalized spacial score (nSPS) is 23.2. The number of hydrogen-bond donors (Lipinski definition) is 2. The molecule has 3 nitrogen and oxygen atoms in total. The van der Waals surface area contributed by atoms with Crippen LogP contribution in [0.15, 0.2) is 36.4 Å². The molecule has 114 valence electrons. The number of aldehydes is 1. The van der Waals surface area contributed by atoms with Crippen LogP contribution < -0.4 is 10.6 Å². The number of piperidine rings is 1. The third kappa shape index (κ3) is 4.07. The Morgan fingerprint density at radius 2 is 2.14 bits per heavy atom. The van der Waals surface area contributed by atoms with E-state index in [1.165, 1.54) is 12.1 Å². The van der Waals surface area contributed by atoms with Gasteiger partial charge in [-0.25, -0.2) is 0 Å². The predicted octanol–water partition coefficient (Wildman–Crippen LogP) is 2.99. The molecule has 2 rings (SSSR count). The van der Waals surface area contributed by atoms with E-state index < -0.39 is 17.3 Å². The van der Waals surface area contributed by atoms with Gasteiger partial charge < -0.3 is 10.6 Å². The summed E-state index contributed by atoms with van der Waals surface area (Å²) in [6.07, 6.45) is 1.04. The highest BCUT2D eigenvalue weighted by molar-refractivity contribution is 5.66. The fourth-order valence-corrected chi connectivity index (χ4v) is 2.50. The van der Waals surface area contributed by atoms with E-state index in [0.29, 0.717) is 18.5 Å². The van der Waals surface area contributed by atoms with E-state index in [2.05, 4.69) is 10.6 Å². The van der Waals surface area contributed by atoms with Crippen molar-refractivity contribution in [2.24, 2.45) is 0 Å². The predicted molar refractivity (Wildman–Crippen MR) is 75.1 cm³/mol. The summed E-state index contributed by atoms with van der Waals surface area (Å²) in [5.74, 6) is 0. The maximum Gasteiger partial charge on any atom is 0.416 e. The summed E-state index contributed by atoms with van der Waals surface area (Å²) in [5.41, 5.74) is -0.835. The molecule has 0 radical (unpaired) electrons. The van der Waals surface area contributed by atoms with Crippen molar-refractivity contribution in [2.75, 3.05) is 18.4 Å². The number of allylic oxidation sites excluding steroid dienone is 1. The lowest BCUT2D eigenvalue weighted by molar-refractivity contribution is -0.137. The zero-order valence-electron chi connectivity index (χ0n) is 11.4. The number of halogens is 3. The lowest BCUT2D eigenvalue weighted by Crippen LogP contribution is -2.50. The second-order valence-corrected chi connectivity index (χ2v) is 5.14. The van der Waals surface area contributed by atoms with Crippen molar-refractivity contribution in [3.63, 3.8) is 0 Å². The topological polar surface area (TPSA) is 41.1 Å². The summed E-state index contributed by atoms with van der Waals surface area (Å²) in [4.78, 5) is 10.5. The van der Waals surface area contributed by atoms with Crippen LogP contribution in [0.5, 0.6) is 0 Å². The van der Waals surface area contributed by atoms with Gasteiger partial charge in [-0.2, -0.15) is 13.2 Å². The number of nitrogens with one attached hydrogen (secondary N) is 2. The summed E-state index contributed by atoms with van der Waals surface area (Å²) >= 11 is 0. The third-order valence-corrected chi connectivity index (χ3v) is 3.49. The van der Waals surface area contributed by atoms with Crippen LogP contribution in [0.25, 0.3) is 0 Å². The fraction of sp³-hybridized carbons (Fsp3) is 0.400. The summed E-state index contributed by atoms with van der Waals surface area (Å²) < 4.78 is 38.2. The molecule has 0 aliphatic carbocycles. The Kier molecular flexibility index (Phi) is 4.67. The number of anilines is 1. The first-order chi connectivity index (χ1) is 9.95. The number of carbonyl (C=O) groups excluding carboxylic acids is 1. The van der Waals surface area contributed by atoms with Crippen LogP contribution in [0, 0.1) is 0 Å². The Hall–Kier alpha value is -1.82. The van der Waals surface area contributed by atoms with Gasteiger partial charge in [-0.15, -0.1) is 0 Å². The zero-order valence-corrected chi connectivity index (χ0v) is 11.4. The number of carbonyl (C=O) groups is 1. The number of benzene rings is 1. The van der Waals surface area contributed by atoms with Gasteiger partial charge in [0, 0.05) is 12.2 Å². The smallest absolute Gasteiger partial charge is 0.375 e. The van der Waals surface area contributed by atoms with Crippen molar-refractivity contribution < 1.29 is 18.0 Å². The van der Waals surface area contributed by atoms with Crippen LogP contribution in [-0.2, 0) is 11.0 Å². The maximum atomic E-state index is 12.7. The minimum absolute atomic E-state index is 0.393. The molecule has 1 fully saturated rings. The van der Waals surface area contributed by atoms with Gasteiger partial charge in [0.2, 0.25) is 0 Å². The van der Waals surface area contributed by atoms with Gasteiger partial charge in [-0.1, -0.05) is 12.1 Å². The van der Waals surface area contributed by atoms with E-state index in [4.69, 9.17) is 0 Å². The van der Waals surface area contributed by atoms with Gasteiger partial charge in [0.15, 0.2) is 0 Å². The molecule has 1 aromatic rings. The summed E-state index contributed by atoms with van der Waals surface area (Å²) in [6, 6.07) is 5.10. The maximum absolute atomic E-state index is 12.7. The first-order valence-corrected chi connectivity index (χ1v) is 6.74. The van der Waals surface area contributed by atoms with Gasteiger partial charge in [0.25, 0.3) is 0 Å². The molecule has 0 bridgehead atoms. The Labute approximate surface area is 121 Å². The first-order valence-electron chi connectivity index (χ1n) is 6.74. The molecule has 1 saturated heterocycles. The molecular weight excluding hydrogens is 281 g/mol. The lowest BCUT2D eigenvalue weighted by atomic mass is 9.89. The van der Waals surface area contributed by atoms with Crippen molar-refractivity contribution in [1.82, 2.24) is 5.32 Å². The van der Waals surface area contributed by atoms with Crippen LogP contribution >= 0.6 is 0 Å². The first kappa shape index (κ1) is 15.6. The SMILES string of the molecule is O=CC=C[C@@]1(Nc2cccc(C(F)(F)F)c2)CCCNC1. The Balaban J connectivity index is 2.24. The third-order valence-electron chi connectivity index (χ3n) is 3.49. The molecule has 1 heterocycles. The van der Waals surface area contributed by atoms with Crippen LogP contribution in [0.3, 0.4) is 0 Å². The zero-order chi connectivity index (χ0) is 15.3. The van der Waals surface area contributed by atoms with Crippen molar-refractivity contribution in [3.8, 4) is 0 Å². The molecule has 0 unspecified atom stereocenters. The standard InChI is InChI=1S/C15H17F3N2O/c16-15(17,18)12-4-1-5-13(10-12)20-14(7-3-9-21)6-2-8-19-11-14/h1,3-5,7,9-10,19-20H,2,6,8,11H2/t14-/m0/s1. The molecule has 21 heavy (non-hydrogen) atoms. The van der Waals surface area contributed by atoms with Gasteiger partial charge in [-0.05, 0) is 43.7 Å². The van der Waals surface area contributed by atoms with E-state index in [-0.39, 0.29) is 0 Å². The highest BCUT2D eigenvalue weighted by Gasteiger charge is 2.32. The quantitative estimate of drug-likeness (QED) is 0.663. The van der Waals surface area contributed by atoms with Crippen LogP contribution in [0.4, 0.5) is 18.9 Å². The van der Waals surface area contributed by atoms with E-state index in [9.17, 15) is 18.0 Å². The molecule has 1 atom stereocenters. The van der Waals surface area contributed by atoms with Crippen molar-refractivity contribution in [3.05, 3.63) is 42.0 Å². The highest BCUT2D eigenvalue weighted by Crippen LogP contribution is 2.32. The Morgan fingerprint density at radius 1 is 1.33 bits per heavy atom. The monoisotopic (exact) mass is 298 g/mol. The van der Waals surface area contributed by atoms with Crippen LogP contribution in [0.1, 0.15) is 18.4 Å². The Morgan fingerprint density at radius 3 is 2.76 bits per heavy atom. The van der Waals surface area contributed by atoms with Crippen molar-refractivity contribution in [1.29, 1.82) is 0 Å². The van der Waals surface area contributed by atoms with E-state index in [0.717, 1.165) is 31.5 Å². The average Bonchev–Trinajstić information content (AvgIpc) is 2.46. The number of alkyl halides is 3. The highest BCUT2D eigenvalue weighted by atomic mass is 19.4. The molecule has 0 spiro atoms. The van der Waals surface area contributed by atoms with Gasteiger partial charge in [0.1, 0.15) is 6.29 Å². The molecule has 2 N–H and O–H groups in total. The van der Waals surface area contributed by atoms with E-state index in [1.807, 2.05) is 0 Å². The number of rotatable bonds is 4. The van der Waals surface area contributed by atoms with Crippen LogP contribution in [-0.4, -0.2) is 24.9 Å². The van der Waals surface area contributed by atoms with Crippen molar-refractivity contribution in [2.45, 2.75) is 24.6 Å². The molecule has 6 heteroatoms. The van der Waals surface area contributed by atoms with Gasteiger partial charge >= 0.3 is 6.18 Å². The van der Waals surface area contributed by atoms with Crippen LogP contribution in [0.2, 0.25) is 0 Å². The molecule has 1 aromatic carbocycles. The van der Waals surface area contributed by atoms with Gasteiger partial charge in [-0.3, -0.25) is 4.79 Å². The molecule has 1 aliphatic rings. The minimum Gasteiger partial charge on any atom is -0.375 e. The summed E-state index contributed by atoms with van der Waals surface area (Å²) in [7, 11) is 0. The molecular formula is C15H17F3N2O. The minimum atomic E-state index is -4.37. The van der Waals surface area contributed by atoms with E-state index >= 15 is 0 Å². The van der Waals surface area contributed by atoms with Gasteiger partial charge in [0.05, 0.1) is 11.1 Å². The summed E-state index contributed by atoms with van der Waals surface area (Å²) in [6.45, 7) is 1.43.